The van der Waals surface area contributed by atoms with Gasteiger partial charge in [0.1, 0.15) is 0 Å². The second-order valence-corrected chi connectivity index (χ2v) is 7.22. The molecule has 1 saturated carbocycles. The van der Waals surface area contributed by atoms with E-state index in [4.69, 9.17) is 4.18 Å². The average Bonchev–Trinajstić information content (AvgIpc) is 2.30. The Morgan fingerprint density at radius 2 is 1.55 bits per heavy atom. The van der Waals surface area contributed by atoms with Gasteiger partial charge in [0.05, 0.1) is 17.1 Å². The topological polar surface area (TPSA) is 63.6 Å². The molecule has 1 fully saturated rings. The van der Waals surface area contributed by atoms with E-state index in [9.17, 15) is 13.5 Å². The zero-order valence-corrected chi connectivity index (χ0v) is 13.0. The maximum absolute atomic E-state index is 12.5. The number of benzene rings is 1. The summed E-state index contributed by atoms with van der Waals surface area (Å²) in [5.74, 6) is 0. The lowest BCUT2D eigenvalue weighted by atomic mass is 9.95. The van der Waals surface area contributed by atoms with Gasteiger partial charge in [-0.1, -0.05) is 17.7 Å². The Kier molecular flexibility index (Phi) is 4.52. The molecule has 0 spiro atoms. The Labute approximate surface area is 120 Å². The lowest BCUT2D eigenvalue weighted by Crippen LogP contribution is -2.27. The van der Waals surface area contributed by atoms with Crippen LogP contribution in [0.2, 0.25) is 0 Å². The van der Waals surface area contributed by atoms with Crippen LogP contribution < -0.4 is 0 Å². The minimum atomic E-state index is -3.74. The average molecular weight is 298 g/mol. The van der Waals surface area contributed by atoms with Crippen LogP contribution in [0.15, 0.2) is 17.0 Å². The van der Waals surface area contributed by atoms with E-state index in [0.717, 1.165) is 16.7 Å². The summed E-state index contributed by atoms with van der Waals surface area (Å²) in [6.07, 6.45) is 1.75. The molecule has 1 N–H and O–H groups in total. The van der Waals surface area contributed by atoms with Crippen molar-refractivity contribution in [2.45, 2.75) is 63.6 Å². The fourth-order valence-corrected chi connectivity index (χ4v) is 4.48. The van der Waals surface area contributed by atoms with Gasteiger partial charge in [-0.25, -0.2) is 0 Å². The van der Waals surface area contributed by atoms with E-state index in [2.05, 4.69) is 0 Å². The van der Waals surface area contributed by atoms with Crippen LogP contribution in [-0.4, -0.2) is 25.7 Å². The third-order valence-corrected chi connectivity index (χ3v) is 5.43. The summed E-state index contributed by atoms with van der Waals surface area (Å²) in [7, 11) is -3.74. The number of aliphatic hydroxyl groups is 1. The highest BCUT2D eigenvalue weighted by atomic mass is 32.2. The molecule has 0 heterocycles. The molecule has 2 rings (SSSR count). The van der Waals surface area contributed by atoms with Gasteiger partial charge in [0.2, 0.25) is 0 Å². The van der Waals surface area contributed by atoms with Gasteiger partial charge in [-0.3, -0.25) is 4.18 Å². The van der Waals surface area contributed by atoms with Crippen LogP contribution in [0.25, 0.3) is 0 Å². The number of hydrogen-bond acceptors (Lipinski definition) is 4. The molecule has 0 aromatic heterocycles. The molecule has 20 heavy (non-hydrogen) atoms. The van der Waals surface area contributed by atoms with E-state index in [-0.39, 0.29) is 17.1 Å². The van der Waals surface area contributed by atoms with E-state index in [1.54, 1.807) is 13.8 Å². The zero-order valence-electron chi connectivity index (χ0n) is 12.2. The molecule has 4 nitrogen and oxygen atoms in total. The molecule has 1 aromatic carbocycles. The van der Waals surface area contributed by atoms with Crippen LogP contribution >= 0.6 is 0 Å². The minimum absolute atomic E-state index is 0.286. The maximum Gasteiger partial charge on any atom is 0.297 e. The molecular weight excluding hydrogens is 276 g/mol. The van der Waals surface area contributed by atoms with E-state index < -0.39 is 10.1 Å². The Balaban J connectivity index is 2.23. The van der Waals surface area contributed by atoms with Gasteiger partial charge in [-0.05, 0) is 57.6 Å². The summed E-state index contributed by atoms with van der Waals surface area (Å²) >= 11 is 0. The van der Waals surface area contributed by atoms with Crippen molar-refractivity contribution in [3.8, 4) is 0 Å². The van der Waals surface area contributed by atoms with E-state index in [0.29, 0.717) is 25.7 Å². The van der Waals surface area contributed by atoms with Gasteiger partial charge in [-0.2, -0.15) is 8.42 Å². The lowest BCUT2D eigenvalue weighted by Gasteiger charge is -2.25. The standard InChI is InChI=1S/C15H22O4S/c1-10-8-11(2)15(12(3)9-10)20(17,18)19-14-6-4-13(16)5-7-14/h8-9,13-14,16H,4-7H2,1-3H3. The number of aryl methyl sites for hydroxylation is 3. The second-order valence-electron chi connectivity index (χ2n) is 5.71. The molecule has 0 atom stereocenters. The summed E-state index contributed by atoms with van der Waals surface area (Å²) in [4.78, 5) is 0.286. The molecule has 1 aliphatic rings. The summed E-state index contributed by atoms with van der Waals surface area (Å²) in [6.45, 7) is 5.53. The van der Waals surface area contributed by atoms with Crippen LogP contribution in [0.5, 0.6) is 0 Å². The highest BCUT2D eigenvalue weighted by Gasteiger charge is 2.28. The molecule has 1 aromatic rings. The third-order valence-electron chi connectivity index (χ3n) is 3.76. The quantitative estimate of drug-likeness (QED) is 0.871. The van der Waals surface area contributed by atoms with Crippen LogP contribution in [0.4, 0.5) is 0 Å². The van der Waals surface area contributed by atoms with Gasteiger partial charge in [0.15, 0.2) is 0 Å². The Morgan fingerprint density at radius 1 is 1.05 bits per heavy atom. The fourth-order valence-electron chi connectivity index (χ4n) is 2.93. The first kappa shape index (κ1) is 15.5. The third kappa shape index (κ3) is 3.40. The summed E-state index contributed by atoms with van der Waals surface area (Å²) in [6, 6.07) is 3.71. The number of rotatable bonds is 3. The predicted molar refractivity (Wildman–Crippen MR) is 77.2 cm³/mol. The van der Waals surface area contributed by atoms with Crippen molar-refractivity contribution in [3.05, 3.63) is 28.8 Å². The van der Waals surface area contributed by atoms with Crippen LogP contribution in [0.1, 0.15) is 42.4 Å². The zero-order chi connectivity index (χ0) is 14.9. The molecule has 0 radical (unpaired) electrons. The molecule has 1 aliphatic carbocycles. The van der Waals surface area contributed by atoms with Gasteiger partial charge >= 0.3 is 0 Å². The number of hydrogen-bond donors (Lipinski definition) is 1. The van der Waals surface area contributed by atoms with Gasteiger partial charge in [0.25, 0.3) is 10.1 Å². The van der Waals surface area contributed by atoms with Crippen molar-refractivity contribution < 1.29 is 17.7 Å². The molecule has 0 bridgehead atoms. The van der Waals surface area contributed by atoms with E-state index >= 15 is 0 Å². The van der Waals surface area contributed by atoms with Crippen molar-refractivity contribution in [3.63, 3.8) is 0 Å². The van der Waals surface area contributed by atoms with Gasteiger partial charge < -0.3 is 5.11 Å². The van der Waals surface area contributed by atoms with Crippen LogP contribution in [-0.2, 0) is 14.3 Å². The largest absolute Gasteiger partial charge is 0.393 e. The van der Waals surface area contributed by atoms with Crippen molar-refractivity contribution in [2.24, 2.45) is 0 Å². The van der Waals surface area contributed by atoms with Crippen molar-refractivity contribution in [1.82, 2.24) is 0 Å². The van der Waals surface area contributed by atoms with Gasteiger partial charge in [-0.15, -0.1) is 0 Å². The molecule has 0 amide bonds. The van der Waals surface area contributed by atoms with Crippen LogP contribution in [0, 0.1) is 20.8 Å². The smallest absolute Gasteiger partial charge is 0.297 e. The monoisotopic (exact) mass is 298 g/mol. The first-order chi connectivity index (χ1) is 9.29. The Morgan fingerprint density at radius 3 is 2.05 bits per heavy atom. The second kappa shape index (κ2) is 5.84. The SMILES string of the molecule is Cc1cc(C)c(S(=O)(=O)OC2CCC(O)CC2)c(C)c1. The van der Waals surface area contributed by atoms with E-state index in [1.807, 2.05) is 19.1 Å². The molecule has 0 aliphatic heterocycles. The highest BCUT2D eigenvalue weighted by Crippen LogP contribution is 2.28. The maximum atomic E-state index is 12.5. The van der Waals surface area contributed by atoms with E-state index in [1.165, 1.54) is 0 Å². The molecular formula is C15H22O4S. The lowest BCUT2D eigenvalue weighted by molar-refractivity contribution is 0.0695. The normalized spacial score (nSPS) is 23.8. The van der Waals surface area contributed by atoms with Crippen LogP contribution in [0.3, 0.4) is 0 Å². The Hall–Kier alpha value is -0.910. The minimum Gasteiger partial charge on any atom is -0.393 e. The molecule has 0 saturated heterocycles. The summed E-state index contributed by atoms with van der Waals surface area (Å²) in [5.41, 5.74) is 2.48. The number of aliphatic hydroxyl groups excluding tert-OH is 1. The fraction of sp³-hybridized carbons (Fsp3) is 0.600. The van der Waals surface area contributed by atoms with Crippen molar-refractivity contribution in [1.29, 1.82) is 0 Å². The molecule has 112 valence electrons. The molecule has 5 heteroatoms. The molecule has 0 unspecified atom stereocenters. The van der Waals surface area contributed by atoms with Crippen molar-refractivity contribution >= 4 is 10.1 Å². The summed E-state index contributed by atoms with van der Waals surface area (Å²) < 4.78 is 30.3. The van der Waals surface area contributed by atoms with Crippen molar-refractivity contribution in [2.75, 3.05) is 0 Å². The highest BCUT2D eigenvalue weighted by molar-refractivity contribution is 7.86. The first-order valence-corrected chi connectivity index (χ1v) is 8.39. The summed E-state index contributed by atoms with van der Waals surface area (Å²) in [5, 5.41) is 9.46. The predicted octanol–water partition coefficient (Wildman–Crippen LogP) is 2.62. The first-order valence-electron chi connectivity index (χ1n) is 6.99. The van der Waals surface area contributed by atoms with Gasteiger partial charge in [0, 0.05) is 0 Å². The Bertz CT molecular complexity index is 561.